The van der Waals surface area contributed by atoms with Crippen LogP contribution in [0.3, 0.4) is 0 Å². The van der Waals surface area contributed by atoms with E-state index in [0.717, 1.165) is 11.3 Å². The predicted octanol–water partition coefficient (Wildman–Crippen LogP) is 6.49. The third kappa shape index (κ3) is 5.86. The van der Waals surface area contributed by atoms with Crippen molar-refractivity contribution in [3.05, 3.63) is 65.2 Å². The van der Waals surface area contributed by atoms with Crippen molar-refractivity contribution in [1.82, 2.24) is 0 Å². The van der Waals surface area contributed by atoms with Gasteiger partial charge in [0.05, 0.1) is 12.2 Å². The number of halogens is 1. The van der Waals surface area contributed by atoms with Crippen LogP contribution in [-0.4, -0.2) is 12.2 Å². The topological polar surface area (TPSA) is 47.6 Å². The maximum atomic E-state index is 13.7. The SMILES string of the molecule is CC(C)OP(=O)(OC(C)C)C(Nc1ccccc1)c1ccc(Cl)cc1. The molecule has 1 unspecified atom stereocenters. The standard InChI is InChI=1S/C19H25ClNO3P/c1-14(2)23-25(22,24-15(3)4)19(16-10-12-17(20)13-11-16)21-18-8-6-5-7-9-18/h5-15,19,21H,1-4H3. The highest BCUT2D eigenvalue weighted by molar-refractivity contribution is 7.54. The normalized spacial score (nSPS) is 13.2. The van der Waals surface area contributed by atoms with Crippen LogP contribution in [0.5, 0.6) is 0 Å². The second kappa shape index (κ2) is 8.86. The quantitative estimate of drug-likeness (QED) is 0.530. The van der Waals surface area contributed by atoms with Crippen LogP contribution in [-0.2, 0) is 13.6 Å². The van der Waals surface area contributed by atoms with Gasteiger partial charge in [-0.3, -0.25) is 4.57 Å². The molecule has 2 aromatic carbocycles. The molecular weight excluding hydrogens is 357 g/mol. The van der Waals surface area contributed by atoms with E-state index in [2.05, 4.69) is 5.32 Å². The minimum atomic E-state index is -3.50. The molecular formula is C19H25ClNO3P. The van der Waals surface area contributed by atoms with Gasteiger partial charge in [-0.25, -0.2) is 0 Å². The van der Waals surface area contributed by atoms with E-state index in [9.17, 15) is 4.57 Å². The van der Waals surface area contributed by atoms with E-state index in [-0.39, 0.29) is 12.2 Å². The molecule has 0 radical (unpaired) electrons. The second-order valence-electron chi connectivity index (χ2n) is 6.31. The highest BCUT2D eigenvalue weighted by Crippen LogP contribution is 2.62. The predicted molar refractivity (Wildman–Crippen MR) is 104 cm³/mol. The van der Waals surface area contributed by atoms with Crippen molar-refractivity contribution in [2.75, 3.05) is 5.32 Å². The lowest BCUT2D eigenvalue weighted by molar-refractivity contribution is 0.138. The van der Waals surface area contributed by atoms with Crippen LogP contribution in [0.1, 0.15) is 39.0 Å². The van der Waals surface area contributed by atoms with Gasteiger partial charge in [0.1, 0.15) is 0 Å². The van der Waals surface area contributed by atoms with Crippen molar-refractivity contribution < 1.29 is 13.6 Å². The molecule has 0 saturated heterocycles. The zero-order valence-corrected chi connectivity index (χ0v) is 16.6. The van der Waals surface area contributed by atoms with Crippen LogP contribution < -0.4 is 5.32 Å². The Hall–Kier alpha value is -1.32. The van der Waals surface area contributed by atoms with Crippen molar-refractivity contribution >= 4 is 24.9 Å². The highest BCUT2D eigenvalue weighted by atomic mass is 35.5. The number of para-hydroxylation sites is 1. The van der Waals surface area contributed by atoms with Gasteiger partial charge < -0.3 is 14.4 Å². The maximum Gasteiger partial charge on any atom is 0.357 e. The minimum Gasteiger partial charge on any atom is -0.368 e. The average Bonchev–Trinajstić information content (AvgIpc) is 2.53. The molecule has 0 heterocycles. The van der Waals surface area contributed by atoms with Crippen LogP contribution in [0.2, 0.25) is 5.02 Å². The molecule has 0 saturated carbocycles. The molecule has 2 rings (SSSR count). The molecule has 1 N–H and O–H groups in total. The zero-order valence-electron chi connectivity index (χ0n) is 15.0. The van der Waals surface area contributed by atoms with E-state index in [1.807, 2.05) is 70.2 Å². The van der Waals surface area contributed by atoms with Crippen molar-refractivity contribution in [2.45, 2.75) is 45.7 Å². The lowest BCUT2D eigenvalue weighted by Gasteiger charge is -2.31. The lowest BCUT2D eigenvalue weighted by Crippen LogP contribution is -2.19. The Kier molecular flexibility index (Phi) is 7.09. The molecule has 136 valence electrons. The van der Waals surface area contributed by atoms with Crippen LogP contribution >= 0.6 is 19.2 Å². The number of nitrogens with one attached hydrogen (secondary N) is 1. The number of rotatable bonds is 8. The fraction of sp³-hybridized carbons (Fsp3) is 0.368. The Labute approximate surface area is 155 Å². The van der Waals surface area contributed by atoms with E-state index >= 15 is 0 Å². The van der Waals surface area contributed by atoms with Gasteiger partial charge in [-0.1, -0.05) is 41.9 Å². The van der Waals surface area contributed by atoms with E-state index < -0.39 is 13.4 Å². The summed E-state index contributed by atoms with van der Waals surface area (Å²) in [6.07, 6.45) is -0.478. The second-order valence-corrected chi connectivity index (χ2v) is 8.77. The number of anilines is 1. The van der Waals surface area contributed by atoms with Gasteiger partial charge in [-0.05, 0) is 57.5 Å². The molecule has 0 aliphatic heterocycles. The van der Waals surface area contributed by atoms with Gasteiger partial charge in [0.25, 0.3) is 0 Å². The molecule has 25 heavy (non-hydrogen) atoms. The molecule has 0 aliphatic carbocycles. The van der Waals surface area contributed by atoms with Crippen LogP contribution in [0, 0.1) is 0 Å². The van der Waals surface area contributed by atoms with E-state index in [4.69, 9.17) is 20.6 Å². The molecule has 0 bridgehead atoms. The third-order valence-corrected chi connectivity index (χ3v) is 6.04. The average molecular weight is 382 g/mol. The molecule has 0 amide bonds. The Bertz CT molecular complexity index is 690. The molecule has 2 aromatic rings. The summed E-state index contributed by atoms with van der Waals surface area (Å²) in [6.45, 7) is 7.38. The first-order valence-electron chi connectivity index (χ1n) is 8.34. The summed E-state index contributed by atoms with van der Waals surface area (Å²) in [6, 6.07) is 16.8. The van der Waals surface area contributed by atoms with Crippen molar-refractivity contribution in [2.24, 2.45) is 0 Å². The monoisotopic (exact) mass is 381 g/mol. The summed E-state index contributed by atoms with van der Waals surface area (Å²) >= 11 is 6.01. The number of hydrogen-bond donors (Lipinski definition) is 1. The van der Waals surface area contributed by atoms with Crippen molar-refractivity contribution in [1.29, 1.82) is 0 Å². The number of benzene rings is 2. The van der Waals surface area contributed by atoms with Crippen LogP contribution in [0.4, 0.5) is 5.69 Å². The van der Waals surface area contributed by atoms with E-state index in [1.165, 1.54) is 0 Å². The fourth-order valence-electron chi connectivity index (χ4n) is 2.42. The fourth-order valence-corrected chi connectivity index (χ4v) is 4.86. The summed E-state index contributed by atoms with van der Waals surface area (Å²) < 4.78 is 25.3. The van der Waals surface area contributed by atoms with Crippen molar-refractivity contribution in [3.8, 4) is 0 Å². The molecule has 4 nitrogen and oxygen atoms in total. The number of hydrogen-bond acceptors (Lipinski definition) is 4. The van der Waals surface area contributed by atoms with E-state index in [0.29, 0.717) is 5.02 Å². The largest absolute Gasteiger partial charge is 0.368 e. The Morgan fingerprint density at radius 3 is 1.88 bits per heavy atom. The first-order chi connectivity index (χ1) is 11.8. The van der Waals surface area contributed by atoms with Crippen molar-refractivity contribution in [3.63, 3.8) is 0 Å². The maximum absolute atomic E-state index is 13.7. The van der Waals surface area contributed by atoms with Gasteiger partial charge in [0.2, 0.25) is 0 Å². The molecule has 0 fully saturated rings. The first kappa shape index (κ1) is 20.0. The molecule has 0 aromatic heterocycles. The molecule has 1 atom stereocenters. The van der Waals surface area contributed by atoms with Gasteiger partial charge >= 0.3 is 7.60 Å². The minimum absolute atomic E-state index is 0.239. The first-order valence-corrected chi connectivity index (χ1v) is 10.3. The highest BCUT2D eigenvalue weighted by Gasteiger charge is 2.39. The summed E-state index contributed by atoms with van der Waals surface area (Å²) in [5.41, 5.74) is 1.63. The van der Waals surface area contributed by atoms with Gasteiger partial charge in [0.15, 0.2) is 5.78 Å². The molecule has 6 heteroatoms. The zero-order chi connectivity index (χ0) is 18.4. The lowest BCUT2D eigenvalue weighted by atomic mass is 10.2. The van der Waals surface area contributed by atoms with Crippen LogP contribution in [0.25, 0.3) is 0 Å². The smallest absolute Gasteiger partial charge is 0.357 e. The molecule has 0 spiro atoms. The summed E-state index contributed by atoms with van der Waals surface area (Å²) in [7, 11) is -3.50. The van der Waals surface area contributed by atoms with Gasteiger partial charge in [0, 0.05) is 10.7 Å². The van der Waals surface area contributed by atoms with Gasteiger partial charge in [-0.15, -0.1) is 0 Å². The Balaban J connectivity index is 2.46. The van der Waals surface area contributed by atoms with E-state index in [1.54, 1.807) is 12.1 Å². The van der Waals surface area contributed by atoms with Gasteiger partial charge in [-0.2, -0.15) is 0 Å². The Morgan fingerprint density at radius 2 is 1.40 bits per heavy atom. The summed E-state index contributed by atoms with van der Waals surface area (Å²) in [4.78, 5) is 0. The third-order valence-electron chi connectivity index (χ3n) is 3.29. The van der Waals surface area contributed by atoms with Crippen LogP contribution in [0.15, 0.2) is 54.6 Å². The molecule has 0 aliphatic rings. The Morgan fingerprint density at radius 1 is 0.880 bits per heavy atom. The summed E-state index contributed by atoms with van der Waals surface area (Å²) in [5.74, 6) is -0.642. The summed E-state index contributed by atoms with van der Waals surface area (Å²) in [5, 5.41) is 3.93.